The first-order valence-corrected chi connectivity index (χ1v) is 6.66. The topological polar surface area (TPSA) is 41.1 Å². The molecule has 1 heterocycles. The highest BCUT2D eigenvalue weighted by molar-refractivity contribution is 5.46. The molecule has 4 heteroatoms. The third-order valence-electron chi connectivity index (χ3n) is 3.06. The maximum atomic E-state index is 5.10. The van der Waals surface area contributed by atoms with Crippen LogP contribution in [0.4, 0.5) is 5.69 Å². The Morgan fingerprint density at radius 3 is 2.74 bits per heavy atom. The summed E-state index contributed by atoms with van der Waals surface area (Å²) < 4.78 is 5.10. The van der Waals surface area contributed by atoms with Crippen molar-refractivity contribution in [3.63, 3.8) is 0 Å². The summed E-state index contributed by atoms with van der Waals surface area (Å²) in [5, 5.41) is 0. The Morgan fingerprint density at radius 1 is 1.21 bits per heavy atom. The van der Waals surface area contributed by atoms with Crippen molar-refractivity contribution >= 4 is 5.69 Å². The van der Waals surface area contributed by atoms with E-state index in [9.17, 15) is 0 Å². The average Bonchev–Trinajstić information content (AvgIpc) is 2.96. The van der Waals surface area contributed by atoms with E-state index in [1.54, 1.807) is 13.4 Å². The first-order chi connectivity index (χ1) is 9.40. The molecule has 0 aliphatic heterocycles. The Hall–Kier alpha value is -1.81. The number of unbranched alkanes of at least 4 members (excludes halogenated alkanes) is 1. The monoisotopic (exact) mass is 259 g/mol. The molecule has 1 N–H and O–H groups in total. The van der Waals surface area contributed by atoms with E-state index in [1.807, 2.05) is 12.3 Å². The highest BCUT2D eigenvalue weighted by atomic mass is 16.5. The quantitative estimate of drug-likeness (QED) is 0.741. The van der Waals surface area contributed by atoms with Crippen LogP contribution in [0.5, 0.6) is 0 Å². The molecule has 0 bridgehead atoms. The van der Waals surface area contributed by atoms with Crippen LogP contribution in [0.3, 0.4) is 0 Å². The molecular formula is C15H21N3O. The number of aromatic amines is 1. The number of para-hydroxylation sites is 1. The zero-order valence-corrected chi connectivity index (χ0v) is 11.4. The molecule has 0 aliphatic rings. The van der Waals surface area contributed by atoms with Crippen LogP contribution in [0, 0.1) is 0 Å². The summed E-state index contributed by atoms with van der Waals surface area (Å²) in [7, 11) is 1.75. The number of nitrogens with zero attached hydrogens (tertiary/aromatic N) is 2. The Morgan fingerprint density at radius 2 is 2.05 bits per heavy atom. The van der Waals surface area contributed by atoms with Gasteiger partial charge in [-0.15, -0.1) is 0 Å². The van der Waals surface area contributed by atoms with Gasteiger partial charge in [0.2, 0.25) is 0 Å². The number of hydrogen-bond acceptors (Lipinski definition) is 3. The zero-order valence-electron chi connectivity index (χ0n) is 11.4. The smallest absolute Gasteiger partial charge is 0.0922 e. The SMILES string of the molecule is COCCCCN(Cc1cnc[nH]1)c1ccccc1. The van der Waals surface area contributed by atoms with Gasteiger partial charge in [-0.25, -0.2) is 4.98 Å². The molecule has 19 heavy (non-hydrogen) atoms. The standard InChI is InChI=1S/C15H21N3O/c1-19-10-6-5-9-18(12-14-11-16-13-17-14)15-7-3-2-4-8-15/h2-4,7-8,11,13H,5-6,9-10,12H2,1H3,(H,16,17). The first-order valence-electron chi connectivity index (χ1n) is 6.66. The van der Waals surface area contributed by atoms with Crippen molar-refractivity contribution in [3.8, 4) is 0 Å². The minimum absolute atomic E-state index is 0.826. The highest BCUT2D eigenvalue weighted by Crippen LogP contribution is 2.16. The normalized spacial score (nSPS) is 10.6. The molecule has 0 amide bonds. The molecule has 4 nitrogen and oxygen atoms in total. The molecule has 0 saturated carbocycles. The number of rotatable bonds is 8. The molecule has 0 radical (unpaired) electrons. The van der Waals surface area contributed by atoms with E-state index in [1.165, 1.54) is 5.69 Å². The second kappa shape index (κ2) is 7.59. The van der Waals surface area contributed by atoms with E-state index >= 15 is 0 Å². The van der Waals surface area contributed by atoms with Gasteiger partial charge in [0, 0.05) is 32.1 Å². The van der Waals surface area contributed by atoms with E-state index in [0.29, 0.717) is 0 Å². The predicted molar refractivity (Wildman–Crippen MR) is 77.2 cm³/mol. The minimum Gasteiger partial charge on any atom is -0.385 e. The summed E-state index contributed by atoms with van der Waals surface area (Å²) >= 11 is 0. The molecular weight excluding hydrogens is 238 g/mol. The van der Waals surface area contributed by atoms with Crippen molar-refractivity contribution < 1.29 is 4.74 Å². The van der Waals surface area contributed by atoms with Gasteiger partial charge in [0.05, 0.1) is 18.6 Å². The summed E-state index contributed by atoms with van der Waals surface area (Å²) in [4.78, 5) is 9.60. The van der Waals surface area contributed by atoms with Crippen molar-refractivity contribution in [2.45, 2.75) is 19.4 Å². The first kappa shape index (κ1) is 13.6. The third-order valence-corrected chi connectivity index (χ3v) is 3.06. The van der Waals surface area contributed by atoms with Crippen LogP contribution in [-0.4, -0.2) is 30.2 Å². The van der Waals surface area contributed by atoms with Gasteiger partial charge in [0.15, 0.2) is 0 Å². The van der Waals surface area contributed by atoms with E-state index in [-0.39, 0.29) is 0 Å². The fraction of sp³-hybridized carbons (Fsp3) is 0.400. The number of H-pyrrole nitrogens is 1. The summed E-state index contributed by atoms with van der Waals surface area (Å²) in [6.07, 6.45) is 5.81. The zero-order chi connectivity index (χ0) is 13.3. The number of benzene rings is 1. The Bertz CT molecular complexity index is 442. The van der Waals surface area contributed by atoms with Crippen molar-refractivity contribution in [2.75, 3.05) is 25.2 Å². The lowest BCUT2D eigenvalue weighted by Crippen LogP contribution is -2.24. The summed E-state index contributed by atoms with van der Waals surface area (Å²) in [6.45, 7) is 2.70. The number of methoxy groups -OCH3 is 1. The van der Waals surface area contributed by atoms with E-state index in [2.05, 4.69) is 39.1 Å². The predicted octanol–water partition coefficient (Wildman–Crippen LogP) is 2.84. The van der Waals surface area contributed by atoms with Crippen LogP contribution < -0.4 is 4.90 Å². The largest absolute Gasteiger partial charge is 0.385 e. The molecule has 0 unspecified atom stereocenters. The molecule has 0 fully saturated rings. The highest BCUT2D eigenvalue weighted by Gasteiger charge is 2.07. The number of aromatic nitrogens is 2. The van der Waals surface area contributed by atoms with Gasteiger partial charge >= 0.3 is 0 Å². The van der Waals surface area contributed by atoms with Crippen molar-refractivity contribution in [1.29, 1.82) is 0 Å². The summed E-state index contributed by atoms with van der Waals surface area (Å²) in [5.74, 6) is 0. The molecule has 2 aromatic rings. The maximum absolute atomic E-state index is 5.10. The van der Waals surface area contributed by atoms with Gasteiger partial charge in [0.1, 0.15) is 0 Å². The lowest BCUT2D eigenvalue weighted by molar-refractivity contribution is 0.193. The lowest BCUT2D eigenvalue weighted by atomic mass is 10.2. The molecule has 0 aliphatic carbocycles. The van der Waals surface area contributed by atoms with Gasteiger partial charge in [-0.3, -0.25) is 0 Å². The van der Waals surface area contributed by atoms with Gasteiger partial charge in [-0.1, -0.05) is 18.2 Å². The summed E-state index contributed by atoms with van der Waals surface area (Å²) in [6, 6.07) is 10.5. The van der Waals surface area contributed by atoms with E-state index in [4.69, 9.17) is 4.74 Å². The van der Waals surface area contributed by atoms with E-state index < -0.39 is 0 Å². The second-order valence-corrected chi connectivity index (χ2v) is 4.53. The van der Waals surface area contributed by atoms with Gasteiger partial charge in [-0.2, -0.15) is 0 Å². The number of anilines is 1. The van der Waals surface area contributed by atoms with Crippen LogP contribution in [-0.2, 0) is 11.3 Å². The van der Waals surface area contributed by atoms with Crippen molar-refractivity contribution in [3.05, 3.63) is 48.5 Å². The Balaban J connectivity index is 1.96. The van der Waals surface area contributed by atoms with E-state index in [0.717, 1.165) is 38.2 Å². The molecule has 1 aromatic heterocycles. The fourth-order valence-electron chi connectivity index (χ4n) is 2.06. The molecule has 0 spiro atoms. The molecule has 2 rings (SSSR count). The molecule has 0 atom stereocenters. The Labute approximate surface area is 114 Å². The molecule has 0 saturated heterocycles. The van der Waals surface area contributed by atoms with Crippen molar-refractivity contribution in [2.24, 2.45) is 0 Å². The average molecular weight is 259 g/mol. The van der Waals surface area contributed by atoms with Crippen LogP contribution in [0.2, 0.25) is 0 Å². The molecule has 102 valence electrons. The van der Waals surface area contributed by atoms with Crippen LogP contribution in [0.25, 0.3) is 0 Å². The van der Waals surface area contributed by atoms with Crippen LogP contribution in [0.1, 0.15) is 18.5 Å². The Kier molecular flexibility index (Phi) is 5.44. The fourth-order valence-corrected chi connectivity index (χ4v) is 2.06. The lowest BCUT2D eigenvalue weighted by Gasteiger charge is -2.24. The van der Waals surface area contributed by atoms with Crippen LogP contribution >= 0.6 is 0 Å². The van der Waals surface area contributed by atoms with Gasteiger partial charge in [-0.05, 0) is 25.0 Å². The maximum Gasteiger partial charge on any atom is 0.0922 e. The number of ether oxygens (including phenoxy) is 1. The summed E-state index contributed by atoms with van der Waals surface area (Å²) in [5.41, 5.74) is 2.38. The third kappa shape index (κ3) is 4.41. The number of hydrogen-bond donors (Lipinski definition) is 1. The van der Waals surface area contributed by atoms with Gasteiger partial charge in [0.25, 0.3) is 0 Å². The van der Waals surface area contributed by atoms with Crippen LogP contribution in [0.15, 0.2) is 42.9 Å². The van der Waals surface area contributed by atoms with Crippen molar-refractivity contribution in [1.82, 2.24) is 9.97 Å². The minimum atomic E-state index is 0.826. The molecule has 1 aromatic carbocycles. The van der Waals surface area contributed by atoms with Gasteiger partial charge < -0.3 is 14.6 Å². The number of nitrogens with one attached hydrogen (secondary N) is 1. The number of imidazole rings is 1. The second-order valence-electron chi connectivity index (χ2n) is 4.53.